The Labute approximate surface area is 147 Å². The van der Waals surface area contributed by atoms with Gasteiger partial charge in [-0.1, -0.05) is 22.9 Å². The standard InChI is InChI=1S/C17H12F3N3O.ClH/c18-17(19,20)14-5-7-15(8-6-14)22-16(24)11-23-10-13-4-2-1-3-12(13)9-21-23;/h1-10H,11H2;1H/p+1. The summed E-state index contributed by atoms with van der Waals surface area (Å²) < 4.78 is 39.0. The van der Waals surface area contributed by atoms with E-state index < -0.39 is 11.7 Å². The highest BCUT2D eigenvalue weighted by Gasteiger charge is 2.30. The molecule has 0 spiro atoms. The van der Waals surface area contributed by atoms with Gasteiger partial charge in [0.25, 0.3) is 12.5 Å². The first-order valence-electron chi connectivity index (χ1n) is 7.13. The molecule has 1 amide bonds. The molecule has 0 unspecified atom stereocenters. The third kappa shape index (κ3) is 4.67. The molecule has 1 N–H and O–H groups in total. The largest absolute Gasteiger partial charge is 0.416 e. The lowest BCUT2D eigenvalue weighted by atomic mass is 10.2. The molecule has 0 fully saturated rings. The first-order chi connectivity index (χ1) is 11.4. The highest BCUT2D eigenvalue weighted by atomic mass is 35.5. The molecule has 8 heteroatoms. The molecule has 0 aliphatic rings. The fraction of sp³-hybridized carbons (Fsp3) is 0.118. The van der Waals surface area contributed by atoms with Crippen LogP contribution in [0, 0.1) is 0 Å². The third-order valence-corrected chi connectivity index (χ3v) is 3.43. The van der Waals surface area contributed by atoms with E-state index in [1.54, 1.807) is 12.4 Å². The molecule has 1 aromatic heterocycles. The van der Waals surface area contributed by atoms with E-state index in [-0.39, 0.29) is 24.9 Å². The summed E-state index contributed by atoms with van der Waals surface area (Å²) in [4.78, 5) is 12.0. The van der Waals surface area contributed by atoms with Crippen molar-refractivity contribution in [2.24, 2.45) is 0 Å². The van der Waals surface area contributed by atoms with Gasteiger partial charge in [-0.3, -0.25) is 4.79 Å². The van der Waals surface area contributed by atoms with Crippen molar-refractivity contribution in [3.8, 4) is 0 Å². The van der Waals surface area contributed by atoms with E-state index in [2.05, 4.69) is 10.4 Å². The van der Waals surface area contributed by atoms with Gasteiger partial charge in [-0.25, -0.2) is 0 Å². The number of hydrogen-bond acceptors (Lipinski definition) is 2. The van der Waals surface area contributed by atoms with Gasteiger partial charge in [-0.2, -0.15) is 13.2 Å². The summed E-state index contributed by atoms with van der Waals surface area (Å²) in [6.07, 6.45) is -1.00. The van der Waals surface area contributed by atoms with Crippen LogP contribution in [0.15, 0.2) is 60.9 Å². The number of hydrogen-bond donors (Lipinski definition) is 1. The van der Waals surface area contributed by atoms with Crippen LogP contribution in [-0.2, 0) is 17.5 Å². The number of anilines is 1. The van der Waals surface area contributed by atoms with Crippen molar-refractivity contribution in [1.29, 1.82) is 0 Å². The monoisotopic (exact) mass is 368 g/mol. The van der Waals surface area contributed by atoms with Crippen LogP contribution in [0.25, 0.3) is 10.8 Å². The fourth-order valence-corrected chi connectivity index (χ4v) is 2.25. The summed E-state index contributed by atoms with van der Waals surface area (Å²) in [5.41, 5.74) is -0.458. The highest BCUT2D eigenvalue weighted by molar-refractivity contribution is 5.89. The van der Waals surface area contributed by atoms with Gasteiger partial charge in [0, 0.05) is 16.5 Å². The maximum atomic E-state index is 12.5. The topological polar surface area (TPSA) is 45.9 Å². The Bertz CT molecular complexity index is 882. The molecule has 2 aromatic carbocycles. The summed E-state index contributed by atoms with van der Waals surface area (Å²) in [5, 5.41) is 8.59. The molecule has 0 atom stereocenters. The van der Waals surface area contributed by atoms with Gasteiger partial charge in [0.1, 0.15) is 6.20 Å². The van der Waals surface area contributed by atoms with Crippen molar-refractivity contribution in [3.63, 3.8) is 0 Å². The predicted molar refractivity (Wildman–Crippen MR) is 89.3 cm³/mol. The molecular formula is C17H14ClF3N3O+. The number of benzene rings is 2. The van der Waals surface area contributed by atoms with Crippen molar-refractivity contribution < 1.29 is 22.6 Å². The van der Waals surface area contributed by atoms with Crippen LogP contribution < -0.4 is 10.00 Å². The average molecular weight is 369 g/mol. The second kappa shape index (κ2) is 7.48. The molecule has 130 valence electrons. The number of amides is 1. The minimum atomic E-state index is -4.40. The predicted octanol–water partition coefficient (Wildman–Crippen LogP) is 3.60. The van der Waals surface area contributed by atoms with E-state index in [4.69, 9.17) is 0 Å². The zero-order chi connectivity index (χ0) is 17.2. The van der Waals surface area contributed by atoms with Crippen LogP contribution in [0.3, 0.4) is 0 Å². The maximum Gasteiger partial charge on any atom is 0.416 e. The van der Waals surface area contributed by atoms with Crippen LogP contribution in [-0.4, -0.2) is 11.0 Å². The van der Waals surface area contributed by atoms with Gasteiger partial charge >= 0.3 is 6.18 Å². The van der Waals surface area contributed by atoms with Crippen LogP contribution in [0.4, 0.5) is 18.9 Å². The Hall–Kier alpha value is -2.67. The number of fused-ring (bicyclic) bond motifs is 1. The Morgan fingerprint density at radius 3 is 2.32 bits per heavy atom. The maximum absolute atomic E-state index is 12.5. The second-order valence-electron chi connectivity index (χ2n) is 5.22. The first kappa shape index (κ1) is 18.7. The van der Waals surface area contributed by atoms with Crippen molar-refractivity contribution in [1.82, 2.24) is 5.10 Å². The van der Waals surface area contributed by atoms with E-state index in [1.807, 2.05) is 24.3 Å². The fourth-order valence-electron chi connectivity index (χ4n) is 2.25. The minimum Gasteiger partial charge on any atom is -0.321 e. The Kier molecular flexibility index (Phi) is 5.58. The molecule has 0 radical (unpaired) electrons. The first-order valence-corrected chi connectivity index (χ1v) is 7.13. The van der Waals surface area contributed by atoms with Gasteiger partial charge in [-0.05, 0) is 35.4 Å². The summed E-state index contributed by atoms with van der Waals surface area (Å²) in [7, 11) is 0. The van der Waals surface area contributed by atoms with Crippen molar-refractivity contribution >= 4 is 34.8 Å². The molecule has 3 aromatic rings. The van der Waals surface area contributed by atoms with E-state index >= 15 is 0 Å². The van der Waals surface area contributed by atoms with Crippen molar-refractivity contribution in [2.75, 3.05) is 5.32 Å². The SMILES string of the molecule is Cl.O=C(C[n+]1cc2ccccc2cn1)Nc1ccc(C(F)(F)F)cc1. The zero-order valence-electron chi connectivity index (χ0n) is 12.8. The number of carbonyl (C=O) groups is 1. The zero-order valence-corrected chi connectivity index (χ0v) is 13.6. The molecule has 1 heterocycles. The minimum absolute atomic E-state index is 0. The number of alkyl halides is 3. The van der Waals surface area contributed by atoms with Crippen LogP contribution >= 0.6 is 12.4 Å². The number of halogens is 4. The van der Waals surface area contributed by atoms with Gasteiger partial charge < -0.3 is 5.32 Å². The van der Waals surface area contributed by atoms with Crippen molar-refractivity contribution in [2.45, 2.75) is 12.7 Å². The molecule has 0 saturated heterocycles. The summed E-state index contributed by atoms with van der Waals surface area (Å²) >= 11 is 0. The van der Waals surface area contributed by atoms with E-state index in [0.717, 1.165) is 22.9 Å². The van der Waals surface area contributed by atoms with Crippen LogP contribution in [0.1, 0.15) is 5.56 Å². The van der Waals surface area contributed by atoms with Gasteiger partial charge in [0.05, 0.1) is 5.56 Å². The van der Waals surface area contributed by atoms with E-state index in [1.165, 1.54) is 16.8 Å². The molecule has 4 nitrogen and oxygen atoms in total. The molecule has 3 rings (SSSR count). The number of nitrogens with one attached hydrogen (secondary N) is 1. The molecule has 0 aliphatic heterocycles. The van der Waals surface area contributed by atoms with Gasteiger partial charge in [-0.15, -0.1) is 12.4 Å². The number of carbonyl (C=O) groups excluding carboxylic acids is 1. The van der Waals surface area contributed by atoms with E-state index in [0.29, 0.717) is 5.69 Å². The number of aromatic nitrogens is 2. The lowest BCUT2D eigenvalue weighted by Crippen LogP contribution is -2.43. The average Bonchev–Trinajstić information content (AvgIpc) is 2.54. The molecule has 0 aliphatic carbocycles. The van der Waals surface area contributed by atoms with Crippen LogP contribution in [0.5, 0.6) is 0 Å². The van der Waals surface area contributed by atoms with E-state index in [9.17, 15) is 18.0 Å². The molecule has 0 saturated carbocycles. The quantitative estimate of drug-likeness (QED) is 0.718. The smallest absolute Gasteiger partial charge is 0.321 e. The second-order valence-corrected chi connectivity index (χ2v) is 5.22. The van der Waals surface area contributed by atoms with Crippen LogP contribution in [0.2, 0.25) is 0 Å². The molecule has 0 bridgehead atoms. The Balaban J connectivity index is 0.00000225. The lowest BCUT2D eigenvalue weighted by Gasteiger charge is -2.07. The normalized spacial score (nSPS) is 11.0. The summed E-state index contributed by atoms with van der Waals surface area (Å²) in [6.45, 7) is -0.0359. The lowest BCUT2D eigenvalue weighted by molar-refractivity contribution is -0.740. The Morgan fingerprint density at radius 1 is 1.04 bits per heavy atom. The Morgan fingerprint density at radius 2 is 1.68 bits per heavy atom. The van der Waals surface area contributed by atoms with Gasteiger partial charge in [0.15, 0.2) is 0 Å². The summed E-state index contributed by atoms with van der Waals surface area (Å²) in [5.74, 6) is -0.373. The molecule has 25 heavy (non-hydrogen) atoms. The van der Waals surface area contributed by atoms with Crippen molar-refractivity contribution in [3.05, 3.63) is 66.5 Å². The number of nitrogens with zero attached hydrogens (tertiary/aromatic N) is 2. The highest BCUT2D eigenvalue weighted by Crippen LogP contribution is 2.29. The third-order valence-electron chi connectivity index (χ3n) is 3.43. The number of rotatable bonds is 3. The summed E-state index contributed by atoms with van der Waals surface area (Å²) in [6, 6.07) is 11.9. The van der Waals surface area contributed by atoms with Gasteiger partial charge in [0.2, 0.25) is 6.20 Å². The molecular weight excluding hydrogens is 355 g/mol.